The molecule has 122 valence electrons. The average molecular weight is 336 g/mol. The molecule has 23 heavy (non-hydrogen) atoms. The first kappa shape index (κ1) is 15.8. The van der Waals surface area contributed by atoms with Crippen molar-refractivity contribution in [2.24, 2.45) is 5.73 Å². The Balaban J connectivity index is 1.78. The van der Waals surface area contributed by atoms with Crippen LogP contribution in [0.1, 0.15) is 12.8 Å². The molecule has 1 aliphatic rings. The van der Waals surface area contributed by atoms with Crippen LogP contribution in [0.15, 0.2) is 30.5 Å². The summed E-state index contributed by atoms with van der Waals surface area (Å²) in [6.45, 7) is 0.578. The highest BCUT2D eigenvalue weighted by Gasteiger charge is 2.40. The molecule has 1 fully saturated rings. The van der Waals surface area contributed by atoms with Gasteiger partial charge in [0.25, 0.3) is 5.91 Å². The minimum atomic E-state index is -1.63. The first-order valence-electron chi connectivity index (χ1n) is 7.43. The van der Waals surface area contributed by atoms with Gasteiger partial charge in [-0.3, -0.25) is 9.59 Å². The highest BCUT2D eigenvalue weighted by atomic mass is 35.5. The molecule has 1 aliphatic heterocycles. The van der Waals surface area contributed by atoms with Crippen molar-refractivity contribution in [1.29, 1.82) is 0 Å². The Morgan fingerprint density at radius 3 is 2.87 bits per heavy atom. The normalized spacial score (nSPS) is 21.6. The molecular formula is C16H18ClN3O3. The zero-order valence-corrected chi connectivity index (χ0v) is 13.3. The third-order valence-corrected chi connectivity index (χ3v) is 4.56. The number of rotatable bonds is 3. The van der Waals surface area contributed by atoms with Crippen molar-refractivity contribution in [2.45, 2.75) is 25.0 Å². The summed E-state index contributed by atoms with van der Waals surface area (Å²) in [5, 5.41) is 11.8. The molecule has 0 radical (unpaired) electrons. The van der Waals surface area contributed by atoms with Crippen LogP contribution in [0.5, 0.6) is 0 Å². The standard InChI is InChI=1S/C16H18ClN3O3/c17-12-3-2-11-4-7-19(13(11)8-12)9-14(21)20-6-1-5-16(23,10-20)15(18)22/h2-4,7-8,23H,1,5-6,9-10H2,(H2,18,22)/t16-/m1/s1. The van der Waals surface area contributed by atoms with Crippen LogP contribution in [-0.4, -0.2) is 45.1 Å². The molecule has 1 atom stereocenters. The van der Waals surface area contributed by atoms with E-state index in [1.165, 1.54) is 4.90 Å². The minimum absolute atomic E-state index is 0.0544. The fourth-order valence-electron chi connectivity index (χ4n) is 2.99. The number of hydrogen-bond acceptors (Lipinski definition) is 3. The van der Waals surface area contributed by atoms with Gasteiger partial charge >= 0.3 is 0 Å². The molecular weight excluding hydrogens is 318 g/mol. The van der Waals surface area contributed by atoms with E-state index in [1.807, 2.05) is 22.9 Å². The summed E-state index contributed by atoms with van der Waals surface area (Å²) in [5.41, 5.74) is 4.48. The number of fused-ring (bicyclic) bond motifs is 1. The van der Waals surface area contributed by atoms with Crippen LogP contribution in [0.3, 0.4) is 0 Å². The van der Waals surface area contributed by atoms with Gasteiger partial charge in [0.05, 0.1) is 6.54 Å². The molecule has 0 unspecified atom stereocenters. The van der Waals surface area contributed by atoms with Gasteiger partial charge in [-0.25, -0.2) is 0 Å². The van der Waals surface area contributed by atoms with E-state index in [-0.39, 0.29) is 25.4 Å². The lowest BCUT2D eigenvalue weighted by atomic mass is 9.92. The molecule has 0 saturated carbocycles. The van der Waals surface area contributed by atoms with E-state index >= 15 is 0 Å². The van der Waals surface area contributed by atoms with E-state index in [2.05, 4.69) is 0 Å². The van der Waals surface area contributed by atoms with Gasteiger partial charge in [-0.1, -0.05) is 17.7 Å². The zero-order valence-electron chi connectivity index (χ0n) is 12.5. The number of nitrogens with zero attached hydrogens (tertiary/aromatic N) is 2. The van der Waals surface area contributed by atoms with Crippen molar-refractivity contribution >= 4 is 34.3 Å². The SMILES string of the molecule is NC(=O)[C@@]1(O)CCCN(C(=O)Cn2ccc3ccc(Cl)cc32)C1. The Hall–Kier alpha value is -2.05. The molecule has 2 heterocycles. The summed E-state index contributed by atoms with van der Waals surface area (Å²) in [6, 6.07) is 7.41. The van der Waals surface area contributed by atoms with Gasteiger partial charge in [0, 0.05) is 23.3 Å². The predicted octanol–water partition coefficient (Wildman–Crippen LogP) is 1.13. The second kappa shape index (κ2) is 5.86. The highest BCUT2D eigenvalue weighted by molar-refractivity contribution is 6.31. The monoisotopic (exact) mass is 335 g/mol. The number of halogens is 1. The molecule has 0 spiro atoms. The maximum absolute atomic E-state index is 12.5. The Kier molecular flexibility index (Phi) is 4.04. The Morgan fingerprint density at radius 1 is 1.35 bits per heavy atom. The Bertz CT molecular complexity index is 773. The Labute approximate surface area is 138 Å². The first-order chi connectivity index (χ1) is 10.9. The number of piperidine rings is 1. The third kappa shape index (κ3) is 3.04. The van der Waals surface area contributed by atoms with E-state index in [4.69, 9.17) is 17.3 Å². The smallest absolute Gasteiger partial charge is 0.251 e. The number of carbonyl (C=O) groups is 2. The van der Waals surface area contributed by atoms with Crippen LogP contribution in [0.2, 0.25) is 5.02 Å². The number of nitrogens with two attached hydrogens (primary N) is 1. The molecule has 2 aromatic rings. The van der Waals surface area contributed by atoms with Crippen LogP contribution in [-0.2, 0) is 16.1 Å². The van der Waals surface area contributed by atoms with Gasteiger partial charge in [-0.15, -0.1) is 0 Å². The second-order valence-corrected chi connectivity index (χ2v) is 6.40. The Morgan fingerprint density at radius 2 is 2.13 bits per heavy atom. The van der Waals surface area contributed by atoms with Crippen molar-refractivity contribution in [3.8, 4) is 0 Å². The van der Waals surface area contributed by atoms with Gasteiger partial charge < -0.3 is 20.3 Å². The summed E-state index contributed by atoms with van der Waals surface area (Å²) in [4.78, 5) is 25.4. The number of β-amino-alcohol motifs (C(OH)–C–C–N with tert-alkyl or cyclic N) is 1. The molecule has 1 aromatic carbocycles. The first-order valence-corrected chi connectivity index (χ1v) is 7.81. The molecule has 7 heteroatoms. The van der Waals surface area contributed by atoms with Crippen molar-refractivity contribution in [3.63, 3.8) is 0 Å². The largest absolute Gasteiger partial charge is 0.378 e. The fraction of sp³-hybridized carbons (Fsp3) is 0.375. The quantitative estimate of drug-likeness (QED) is 0.881. The second-order valence-electron chi connectivity index (χ2n) is 5.96. The van der Waals surface area contributed by atoms with Gasteiger partial charge in [-0.2, -0.15) is 0 Å². The summed E-state index contributed by atoms with van der Waals surface area (Å²) >= 11 is 6.01. The van der Waals surface area contributed by atoms with Crippen LogP contribution < -0.4 is 5.73 Å². The molecule has 3 rings (SSSR count). The summed E-state index contributed by atoms with van der Waals surface area (Å²) < 4.78 is 1.81. The molecule has 3 N–H and O–H groups in total. The van der Waals surface area contributed by atoms with Crippen molar-refractivity contribution in [2.75, 3.05) is 13.1 Å². The number of benzene rings is 1. The van der Waals surface area contributed by atoms with Crippen molar-refractivity contribution in [1.82, 2.24) is 9.47 Å². The number of hydrogen-bond donors (Lipinski definition) is 2. The van der Waals surface area contributed by atoms with E-state index in [9.17, 15) is 14.7 Å². The summed E-state index contributed by atoms with van der Waals surface area (Å²) in [6.07, 6.45) is 2.65. The summed E-state index contributed by atoms with van der Waals surface area (Å²) in [5.74, 6) is -0.949. The molecule has 0 aliphatic carbocycles. The van der Waals surface area contributed by atoms with Crippen LogP contribution in [0, 0.1) is 0 Å². The van der Waals surface area contributed by atoms with E-state index in [0.29, 0.717) is 18.0 Å². The third-order valence-electron chi connectivity index (χ3n) is 4.32. The molecule has 2 amide bonds. The van der Waals surface area contributed by atoms with Gasteiger partial charge in [0.2, 0.25) is 5.91 Å². The zero-order chi connectivity index (χ0) is 16.6. The lowest BCUT2D eigenvalue weighted by molar-refractivity contribution is -0.149. The fourth-order valence-corrected chi connectivity index (χ4v) is 3.16. The number of carbonyl (C=O) groups excluding carboxylic acids is 2. The molecule has 0 bridgehead atoms. The predicted molar refractivity (Wildman–Crippen MR) is 86.9 cm³/mol. The number of primary amides is 1. The lowest BCUT2D eigenvalue weighted by Crippen LogP contribution is -2.57. The number of amides is 2. The number of aliphatic hydroxyl groups is 1. The van der Waals surface area contributed by atoms with Gasteiger partial charge in [0.15, 0.2) is 5.60 Å². The van der Waals surface area contributed by atoms with E-state index in [0.717, 1.165) is 10.9 Å². The van der Waals surface area contributed by atoms with Gasteiger partial charge in [-0.05, 0) is 36.4 Å². The van der Waals surface area contributed by atoms with Crippen LogP contribution in [0.25, 0.3) is 10.9 Å². The van der Waals surface area contributed by atoms with Crippen molar-refractivity contribution in [3.05, 3.63) is 35.5 Å². The minimum Gasteiger partial charge on any atom is -0.378 e. The highest BCUT2D eigenvalue weighted by Crippen LogP contribution is 2.23. The average Bonchev–Trinajstić information content (AvgIpc) is 2.89. The van der Waals surface area contributed by atoms with Crippen molar-refractivity contribution < 1.29 is 14.7 Å². The van der Waals surface area contributed by atoms with Crippen LogP contribution in [0.4, 0.5) is 0 Å². The molecule has 6 nitrogen and oxygen atoms in total. The number of likely N-dealkylation sites (tertiary alicyclic amines) is 1. The number of aromatic nitrogens is 1. The maximum atomic E-state index is 12.5. The van der Waals surface area contributed by atoms with Crippen LogP contribution >= 0.6 is 11.6 Å². The molecule has 1 saturated heterocycles. The van der Waals surface area contributed by atoms with E-state index in [1.54, 1.807) is 12.1 Å². The maximum Gasteiger partial charge on any atom is 0.251 e. The molecule has 1 aromatic heterocycles. The lowest BCUT2D eigenvalue weighted by Gasteiger charge is -2.37. The topological polar surface area (TPSA) is 88.6 Å². The van der Waals surface area contributed by atoms with Gasteiger partial charge in [0.1, 0.15) is 6.54 Å². The summed E-state index contributed by atoms with van der Waals surface area (Å²) in [7, 11) is 0. The van der Waals surface area contributed by atoms with E-state index < -0.39 is 11.5 Å².